The topological polar surface area (TPSA) is 67.6 Å². The first-order chi connectivity index (χ1) is 16.5. The number of thiophene rings is 1. The van der Waals surface area contributed by atoms with Gasteiger partial charge in [-0.25, -0.2) is 14.1 Å². The van der Waals surface area contributed by atoms with E-state index in [4.69, 9.17) is 0 Å². The van der Waals surface area contributed by atoms with Crippen LogP contribution >= 0.6 is 27.3 Å². The van der Waals surface area contributed by atoms with E-state index >= 15 is 0 Å². The van der Waals surface area contributed by atoms with Crippen LogP contribution in [0.2, 0.25) is 0 Å². The van der Waals surface area contributed by atoms with Crippen molar-refractivity contribution >= 4 is 38.9 Å². The van der Waals surface area contributed by atoms with Crippen molar-refractivity contribution in [1.29, 1.82) is 0 Å². The van der Waals surface area contributed by atoms with Crippen molar-refractivity contribution in [2.24, 2.45) is 5.10 Å². The number of benzene rings is 2. The van der Waals surface area contributed by atoms with Gasteiger partial charge in [0.1, 0.15) is 12.4 Å². The molecule has 0 N–H and O–H groups in total. The average molecular weight is 537 g/mol. The number of amides is 1. The van der Waals surface area contributed by atoms with Gasteiger partial charge < -0.3 is 0 Å². The lowest BCUT2D eigenvalue weighted by Gasteiger charge is -2.22. The lowest BCUT2D eigenvalue weighted by Crippen LogP contribution is -2.34. The van der Waals surface area contributed by atoms with Gasteiger partial charge in [-0.1, -0.05) is 46.3 Å². The molecule has 3 heterocycles. The summed E-state index contributed by atoms with van der Waals surface area (Å²) < 4.78 is 15.6. The first-order valence-corrected chi connectivity index (χ1v) is 12.2. The number of hydrazone groups is 1. The molecule has 1 aliphatic heterocycles. The summed E-state index contributed by atoms with van der Waals surface area (Å²) in [4.78, 5) is 26.8. The van der Waals surface area contributed by atoms with Gasteiger partial charge in [0.25, 0.3) is 11.5 Å². The highest BCUT2D eigenvalue weighted by molar-refractivity contribution is 9.10. The van der Waals surface area contributed by atoms with Gasteiger partial charge in [-0.2, -0.15) is 10.2 Å². The fraction of sp³-hybridized carbons (Fsp3) is 0.120. The summed E-state index contributed by atoms with van der Waals surface area (Å²) in [6, 6.07) is 20.1. The van der Waals surface area contributed by atoms with Gasteiger partial charge in [0, 0.05) is 22.5 Å². The number of carbonyl (C=O) groups is 1. The predicted octanol–water partition coefficient (Wildman–Crippen LogP) is 5.25. The Bertz CT molecular complexity index is 1420. The lowest BCUT2D eigenvalue weighted by atomic mass is 10.0. The van der Waals surface area contributed by atoms with Crippen LogP contribution in [0, 0.1) is 5.82 Å². The zero-order valence-corrected chi connectivity index (χ0v) is 20.2. The highest BCUT2D eigenvalue weighted by Gasteiger charge is 2.33. The number of carbonyl (C=O) groups excluding carboxylic acids is 1. The SMILES string of the molecule is O=C(Cn1nc(-c2ccc(Br)cc2)ccc1=O)N1N=C(c2cccs2)CC1c1ccc(F)cc1. The number of rotatable bonds is 5. The quantitative estimate of drug-likeness (QED) is 0.349. The Kier molecular flexibility index (Phi) is 6.21. The van der Waals surface area contributed by atoms with E-state index in [-0.39, 0.29) is 23.8 Å². The minimum Gasteiger partial charge on any atom is -0.271 e. The molecule has 2 aromatic carbocycles. The highest BCUT2D eigenvalue weighted by atomic mass is 79.9. The molecule has 2 aromatic heterocycles. The van der Waals surface area contributed by atoms with Crippen LogP contribution in [0.4, 0.5) is 4.39 Å². The van der Waals surface area contributed by atoms with Crippen LogP contribution in [0.1, 0.15) is 22.9 Å². The summed E-state index contributed by atoms with van der Waals surface area (Å²) in [5, 5.41) is 12.3. The first kappa shape index (κ1) is 22.4. The van der Waals surface area contributed by atoms with Crippen LogP contribution in [0.5, 0.6) is 0 Å². The van der Waals surface area contributed by atoms with E-state index in [1.165, 1.54) is 23.2 Å². The Morgan fingerprint density at radius 1 is 1.06 bits per heavy atom. The zero-order valence-electron chi connectivity index (χ0n) is 17.8. The van der Waals surface area contributed by atoms with Crippen molar-refractivity contribution in [3.63, 3.8) is 0 Å². The molecule has 9 heteroatoms. The molecule has 1 amide bonds. The minimum atomic E-state index is -0.393. The minimum absolute atomic E-state index is 0.262. The standard InChI is InChI=1S/C25H18BrFN4O2S/c26-18-7-3-16(4-8-18)20-11-12-24(32)30(28-20)15-25(33)31-22(17-5-9-19(27)10-6-17)14-21(29-31)23-2-1-13-34-23/h1-13,22H,14-15H2. The van der Waals surface area contributed by atoms with E-state index < -0.39 is 6.04 Å². The van der Waals surface area contributed by atoms with Gasteiger partial charge in [0.2, 0.25) is 0 Å². The van der Waals surface area contributed by atoms with Gasteiger partial charge in [0.15, 0.2) is 0 Å². The van der Waals surface area contributed by atoms with Crippen LogP contribution in [0.3, 0.4) is 0 Å². The second kappa shape index (κ2) is 9.44. The molecule has 34 heavy (non-hydrogen) atoms. The average Bonchev–Trinajstić information content (AvgIpc) is 3.52. The second-order valence-corrected chi connectivity index (χ2v) is 9.62. The number of hydrogen-bond acceptors (Lipinski definition) is 5. The molecule has 0 saturated heterocycles. The van der Waals surface area contributed by atoms with Gasteiger partial charge in [-0.3, -0.25) is 9.59 Å². The fourth-order valence-corrected chi connectivity index (χ4v) is 4.80. The number of hydrogen-bond donors (Lipinski definition) is 0. The van der Waals surface area contributed by atoms with Crippen molar-refractivity contribution in [2.75, 3.05) is 0 Å². The first-order valence-electron chi connectivity index (χ1n) is 10.5. The van der Waals surface area contributed by atoms with E-state index in [0.29, 0.717) is 12.1 Å². The highest BCUT2D eigenvalue weighted by Crippen LogP contribution is 2.34. The molecule has 1 aliphatic rings. The molecule has 6 nitrogen and oxygen atoms in total. The molecular formula is C25H18BrFN4O2S. The van der Waals surface area contributed by atoms with Gasteiger partial charge in [0.05, 0.1) is 22.3 Å². The molecule has 0 saturated carbocycles. The third-order valence-corrected chi connectivity index (χ3v) is 6.97. The van der Waals surface area contributed by atoms with Crippen LogP contribution in [0.15, 0.2) is 92.5 Å². The molecule has 0 radical (unpaired) electrons. The maximum atomic E-state index is 13.5. The summed E-state index contributed by atoms with van der Waals surface area (Å²) >= 11 is 4.94. The molecule has 5 rings (SSSR count). The van der Waals surface area contributed by atoms with Crippen molar-refractivity contribution < 1.29 is 9.18 Å². The van der Waals surface area contributed by atoms with Crippen LogP contribution in [0.25, 0.3) is 11.3 Å². The zero-order chi connectivity index (χ0) is 23.7. The van der Waals surface area contributed by atoms with E-state index in [1.54, 1.807) is 29.5 Å². The van der Waals surface area contributed by atoms with Crippen molar-refractivity contribution in [2.45, 2.75) is 19.0 Å². The summed E-state index contributed by atoms with van der Waals surface area (Å²) in [6.07, 6.45) is 0.499. The third-order valence-electron chi connectivity index (χ3n) is 5.52. The summed E-state index contributed by atoms with van der Waals surface area (Å²) in [7, 11) is 0. The number of halogens is 2. The Morgan fingerprint density at radius 3 is 2.53 bits per heavy atom. The summed E-state index contributed by atoms with van der Waals surface area (Å²) in [6.45, 7) is -0.262. The maximum Gasteiger partial charge on any atom is 0.267 e. The van der Waals surface area contributed by atoms with Crippen molar-refractivity contribution in [3.05, 3.63) is 109 Å². The van der Waals surface area contributed by atoms with E-state index in [0.717, 1.165) is 30.9 Å². The molecule has 0 spiro atoms. The third kappa shape index (κ3) is 4.62. The Labute approximate surface area is 207 Å². The predicted molar refractivity (Wildman–Crippen MR) is 133 cm³/mol. The molecular weight excluding hydrogens is 519 g/mol. The van der Waals surface area contributed by atoms with Crippen molar-refractivity contribution in [3.8, 4) is 11.3 Å². The fourth-order valence-electron chi connectivity index (χ4n) is 3.81. The smallest absolute Gasteiger partial charge is 0.267 e. The molecule has 1 unspecified atom stereocenters. The molecule has 4 aromatic rings. The Hall–Kier alpha value is -3.43. The van der Waals surface area contributed by atoms with Crippen LogP contribution in [-0.4, -0.2) is 26.4 Å². The van der Waals surface area contributed by atoms with E-state index in [9.17, 15) is 14.0 Å². The molecule has 0 bridgehead atoms. The van der Waals surface area contributed by atoms with Crippen LogP contribution < -0.4 is 5.56 Å². The largest absolute Gasteiger partial charge is 0.271 e. The summed E-state index contributed by atoms with van der Waals surface area (Å²) in [5.41, 5.74) is 2.58. The Balaban J connectivity index is 1.45. The van der Waals surface area contributed by atoms with Crippen LogP contribution in [-0.2, 0) is 11.3 Å². The Morgan fingerprint density at radius 2 is 1.82 bits per heavy atom. The van der Waals surface area contributed by atoms with Gasteiger partial charge in [-0.15, -0.1) is 11.3 Å². The molecule has 1 atom stereocenters. The van der Waals surface area contributed by atoms with Gasteiger partial charge in [-0.05, 0) is 47.3 Å². The summed E-state index contributed by atoms with van der Waals surface area (Å²) in [5.74, 6) is -0.719. The normalized spacial score (nSPS) is 15.4. The monoisotopic (exact) mass is 536 g/mol. The lowest BCUT2D eigenvalue weighted by molar-refractivity contribution is -0.133. The number of aromatic nitrogens is 2. The molecule has 0 aliphatic carbocycles. The van der Waals surface area contributed by atoms with Crippen molar-refractivity contribution in [1.82, 2.24) is 14.8 Å². The van der Waals surface area contributed by atoms with Gasteiger partial charge >= 0.3 is 0 Å². The molecule has 0 fully saturated rings. The second-order valence-electron chi connectivity index (χ2n) is 7.76. The maximum absolute atomic E-state index is 13.5. The molecule has 170 valence electrons. The van der Waals surface area contributed by atoms with E-state index in [2.05, 4.69) is 26.1 Å². The van der Waals surface area contributed by atoms with E-state index in [1.807, 2.05) is 41.8 Å². The number of nitrogens with zero attached hydrogens (tertiary/aromatic N) is 4.